The van der Waals surface area contributed by atoms with Crippen LogP contribution in [0.5, 0.6) is 0 Å². The zero-order chi connectivity index (χ0) is 14.5. The van der Waals surface area contributed by atoms with E-state index in [1.807, 2.05) is 24.3 Å². The maximum absolute atomic E-state index is 10.9. The van der Waals surface area contributed by atoms with E-state index in [-0.39, 0.29) is 12.7 Å². The first kappa shape index (κ1) is 16.3. The lowest BCUT2D eigenvalue weighted by Crippen LogP contribution is -2.16. The number of ether oxygens (including phenoxy) is 2. The second-order valence-electron chi connectivity index (χ2n) is 3.90. The Morgan fingerprint density at radius 2 is 1.53 bits per heavy atom. The summed E-state index contributed by atoms with van der Waals surface area (Å²) in [7, 11) is 0. The highest BCUT2D eigenvalue weighted by Crippen LogP contribution is 2.45. The first-order chi connectivity index (χ1) is 8.83. The van der Waals surface area contributed by atoms with Crippen molar-refractivity contribution in [1.29, 1.82) is 0 Å². The molecular weight excluding hydrogens is 351 g/mol. The molecule has 0 N–H and O–H groups in total. The van der Waals surface area contributed by atoms with Crippen LogP contribution in [0.15, 0.2) is 28.7 Å². The van der Waals surface area contributed by atoms with Crippen molar-refractivity contribution in [3.05, 3.63) is 28.7 Å². The molecule has 0 bridgehead atoms. The third kappa shape index (κ3) is 5.43. The van der Waals surface area contributed by atoms with Gasteiger partial charge < -0.3 is 9.47 Å². The number of esters is 2. The smallest absolute Gasteiger partial charge is 0.303 e. The van der Waals surface area contributed by atoms with Crippen LogP contribution >= 0.6 is 22.0 Å². The van der Waals surface area contributed by atoms with Gasteiger partial charge >= 0.3 is 11.9 Å². The molecule has 0 heterocycles. The SMILES string of the molecule is CC(=O)OCP(=S)(COC(C)=O)c1ccc(Br)cc1. The highest BCUT2D eigenvalue weighted by atomic mass is 79.9. The third-order valence-corrected chi connectivity index (χ3v) is 6.38. The van der Waals surface area contributed by atoms with E-state index in [0.29, 0.717) is 0 Å². The van der Waals surface area contributed by atoms with Gasteiger partial charge in [0.05, 0.1) is 6.04 Å². The molecule has 0 radical (unpaired) electrons. The summed E-state index contributed by atoms with van der Waals surface area (Å²) in [5.41, 5.74) is 0. The molecule has 0 unspecified atom stereocenters. The highest BCUT2D eigenvalue weighted by Gasteiger charge is 2.23. The predicted molar refractivity (Wildman–Crippen MR) is 81.3 cm³/mol. The minimum Gasteiger partial charge on any atom is -0.460 e. The monoisotopic (exact) mass is 364 g/mol. The molecule has 1 aromatic rings. The number of carbonyl (C=O) groups excluding carboxylic acids is 2. The van der Waals surface area contributed by atoms with E-state index in [1.165, 1.54) is 13.8 Å². The first-order valence-electron chi connectivity index (χ1n) is 5.44. The van der Waals surface area contributed by atoms with Crippen molar-refractivity contribution in [2.75, 3.05) is 12.7 Å². The Balaban J connectivity index is 2.96. The normalized spacial score (nSPS) is 10.9. The van der Waals surface area contributed by atoms with E-state index in [9.17, 15) is 9.59 Å². The molecular formula is C12H14BrO4PS. The summed E-state index contributed by atoms with van der Waals surface area (Å²) in [4.78, 5) is 21.9. The molecule has 1 rings (SSSR count). The van der Waals surface area contributed by atoms with Gasteiger partial charge in [-0.25, -0.2) is 0 Å². The van der Waals surface area contributed by atoms with Crippen molar-refractivity contribution in [1.82, 2.24) is 0 Å². The van der Waals surface area contributed by atoms with Gasteiger partial charge in [-0.2, -0.15) is 0 Å². The minimum atomic E-state index is -2.27. The molecule has 7 heteroatoms. The van der Waals surface area contributed by atoms with Crippen LogP contribution in [0.25, 0.3) is 0 Å². The number of benzene rings is 1. The summed E-state index contributed by atoms with van der Waals surface area (Å²) >= 11 is 8.93. The molecule has 0 spiro atoms. The van der Waals surface area contributed by atoms with Crippen LogP contribution in [-0.2, 0) is 30.9 Å². The van der Waals surface area contributed by atoms with Crippen molar-refractivity contribution in [2.24, 2.45) is 0 Å². The molecule has 0 aromatic heterocycles. The van der Waals surface area contributed by atoms with Gasteiger partial charge in [0.2, 0.25) is 0 Å². The van der Waals surface area contributed by atoms with Gasteiger partial charge in [0.15, 0.2) is 0 Å². The van der Waals surface area contributed by atoms with E-state index >= 15 is 0 Å². The number of carbonyl (C=O) groups is 2. The molecule has 0 saturated heterocycles. The van der Waals surface area contributed by atoms with Crippen LogP contribution in [0.4, 0.5) is 0 Å². The summed E-state index contributed by atoms with van der Waals surface area (Å²) in [6.45, 7) is 2.65. The topological polar surface area (TPSA) is 52.6 Å². The Morgan fingerprint density at radius 1 is 1.11 bits per heavy atom. The molecule has 0 saturated carbocycles. The zero-order valence-corrected chi connectivity index (χ0v) is 13.9. The van der Waals surface area contributed by atoms with E-state index in [4.69, 9.17) is 21.3 Å². The Labute approximate surface area is 125 Å². The van der Waals surface area contributed by atoms with E-state index in [2.05, 4.69) is 15.9 Å². The van der Waals surface area contributed by atoms with E-state index < -0.39 is 18.0 Å². The molecule has 0 aliphatic carbocycles. The van der Waals surface area contributed by atoms with E-state index in [0.717, 1.165) is 9.78 Å². The average molecular weight is 365 g/mol. The van der Waals surface area contributed by atoms with Gasteiger partial charge in [0.1, 0.15) is 12.7 Å². The molecule has 104 valence electrons. The fourth-order valence-corrected chi connectivity index (χ4v) is 4.08. The quantitative estimate of drug-likeness (QED) is 0.593. The van der Waals surface area contributed by atoms with Gasteiger partial charge in [-0.05, 0) is 17.4 Å². The second kappa shape index (κ2) is 7.17. The Bertz CT molecular complexity index is 493. The van der Waals surface area contributed by atoms with Crippen molar-refractivity contribution in [3.63, 3.8) is 0 Å². The summed E-state index contributed by atoms with van der Waals surface area (Å²) in [6, 6.07) is 5.16. The van der Waals surface area contributed by atoms with Gasteiger partial charge in [-0.1, -0.05) is 39.9 Å². The van der Waals surface area contributed by atoms with Crippen LogP contribution in [-0.4, -0.2) is 24.6 Å². The number of halogens is 1. The Kier molecular flexibility index (Phi) is 6.17. The van der Waals surface area contributed by atoms with Crippen LogP contribution in [0.3, 0.4) is 0 Å². The minimum absolute atomic E-state index is 0.0899. The van der Waals surface area contributed by atoms with Crippen LogP contribution < -0.4 is 5.30 Å². The summed E-state index contributed by atoms with van der Waals surface area (Å²) in [5, 5.41) is 0.869. The van der Waals surface area contributed by atoms with Crippen molar-refractivity contribution in [2.45, 2.75) is 13.8 Å². The van der Waals surface area contributed by atoms with Gasteiger partial charge in [0.25, 0.3) is 0 Å². The summed E-state index contributed by atoms with van der Waals surface area (Å²) < 4.78 is 11.0. The largest absolute Gasteiger partial charge is 0.460 e. The molecule has 0 aliphatic rings. The molecule has 0 atom stereocenters. The number of hydrogen-bond donors (Lipinski definition) is 0. The number of rotatable bonds is 5. The van der Waals surface area contributed by atoms with Gasteiger partial charge in [0, 0.05) is 18.3 Å². The zero-order valence-electron chi connectivity index (χ0n) is 10.6. The molecule has 4 nitrogen and oxygen atoms in total. The highest BCUT2D eigenvalue weighted by molar-refractivity contribution is 9.10. The number of hydrogen-bond acceptors (Lipinski definition) is 5. The molecule has 0 fully saturated rings. The molecule has 19 heavy (non-hydrogen) atoms. The summed E-state index contributed by atoms with van der Waals surface area (Å²) in [5.74, 6) is -0.789. The molecule has 0 amide bonds. The fraction of sp³-hybridized carbons (Fsp3) is 0.333. The standard InChI is InChI=1S/C12H14BrO4PS/c1-9(14)16-7-18(19,8-17-10(2)15)12-5-3-11(13)4-6-12/h3-6H,7-8H2,1-2H3. The fourth-order valence-electron chi connectivity index (χ4n) is 1.29. The van der Waals surface area contributed by atoms with Crippen LogP contribution in [0, 0.1) is 0 Å². The molecule has 1 aromatic carbocycles. The van der Waals surface area contributed by atoms with Gasteiger partial charge in [-0.15, -0.1) is 0 Å². The lowest BCUT2D eigenvalue weighted by molar-refractivity contribution is -0.138. The van der Waals surface area contributed by atoms with E-state index in [1.54, 1.807) is 0 Å². The Morgan fingerprint density at radius 3 is 1.89 bits per heavy atom. The first-order valence-corrected chi connectivity index (χ1v) is 9.41. The average Bonchev–Trinajstić information content (AvgIpc) is 2.35. The lowest BCUT2D eigenvalue weighted by atomic mass is 10.4. The lowest BCUT2D eigenvalue weighted by Gasteiger charge is -2.21. The maximum atomic E-state index is 10.9. The van der Waals surface area contributed by atoms with Gasteiger partial charge in [-0.3, -0.25) is 9.59 Å². The summed E-state index contributed by atoms with van der Waals surface area (Å²) in [6.07, 6.45) is 0.180. The Hall–Kier alpha value is -0.710. The van der Waals surface area contributed by atoms with Crippen molar-refractivity contribution < 1.29 is 19.1 Å². The van der Waals surface area contributed by atoms with Crippen molar-refractivity contribution in [3.8, 4) is 0 Å². The van der Waals surface area contributed by atoms with Crippen LogP contribution in [0.2, 0.25) is 0 Å². The van der Waals surface area contributed by atoms with Crippen molar-refractivity contribution >= 4 is 51.0 Å². The maximum Gasteiger partial charge on any atom is 0.303 e. The third-order valence-electron chi connectivity index (χ3n) is 2.25. The molecule has 0 aliphatic heterocycles. The van der Waals surface area contributed by atoms with Crippen LogP contribution in [0.1, 0.15) is 13.8 Å². The second-order valence-corrected chi connectivity index (χ2v) is 9.72. The predicted octanol–water partition coefficient (Wildman–Crippen LogP) is 2.60.